The second-order valence-corrected chi connectivity index (χ2v) is 7.41. The lowest BCUT2D eigenvalue weighted by atomic mass is 9.61. The predicted molar refractivity (Wildman–Crippen MR) is 86.6 cm³/mol. The molecule has 0 aromatic carbocycles. The molecule has 1 amide bonds. The number of rotatable bonds is 3. The summed E-state index contributed by atoms with van der Waals surface area (Å²) in [5.74, 6) is 1.10. The van der Waals surface area contributed by atoms with Gasteiger partial charge < -0.3 is 15.0 Å². The fourth-order valence-corrected chi connectivity index (χ4v) is 4.88. The average Bonchev–Trinajstić information content (AvgIpc) is 3.18. The van der Waals surface area contributed by atoms with Crippen molar-refractivity contribution in [3.05, 3.63) is 33.2 Å². The van der Waals surface area contributed by atoms with Crippen molar-refractivity contribution in [1.29, 1.82) is 0 Å². The molecular formula is C17H21ClN2O3. The summed E-state index contributed by atoms with van der Waals surface area (Å²) in [6.45, 7) is 0.780. The lowest BCUT2D eigenvalue weighted by Gasteiger charge is -2.50. The number of H-pyrrole nitrogens is 1. The Kier molecular flexibility index (Phi) is 3.93. The number of amides is 1. The van der Waals surface area contributed by atoms with E-state index in [0.29, 0.717) is 28.9 Å². The number of nitrogens with one attached hydrogen (secondary N) is 2. The van der Waals surface area contributed by atoms with Crippen LogP contribution in [0.3, 0.4) is 0 Å². The van der Waals surface area contributed by atoms with Crippen LogP contribution in [0.5, 0.6) is 0 Å². The molecule has 0 unspecified atom stereocenters. The molecule has 1 aliphatic heterocycles. The third-order valence-corrected chi connectivity index (χ3v) is 6.01. The van der Waals surface area contributed by atoms with E-state index >= 15 is 0 Å². The van der Waals surface area contributed by atoms with Crippen molar-refractivity contribution >= 4 is 17.5 Å². The van der Waals surface area contributed by atoms with Gasteiger partial charge in [-0.15, -0.1) is 0 Å². The van der Waals surface area contributed by atoms with Crippen LogP contribution in [0.25, 0.3) is 0 Å². The normalized spacial score (nSPS) is 33.3. The fraction of sp³-hybridized carbons (Fsp3) is 0.647. The maximum atomic E-state index is 12.5. The highest BCUT2D eigenvalue weighted by molar-refractivity contribution is 6.30. The van der Waals surface area contributed by atoms with E-state index in [1.165, 1.54) is 37.9 Å². The van der Waals surface area contributed by atoms with Crippen LogP contribution >= 0.6 is 11.6 Å². The maximum Gasteiger partial charge on any atom is 0.260 e. The van der Waals surface area contributed by atoms with Crippen molar-refractivity contribution in [3.63, 3.8) is 0 Å². The van der Waals surface area contributed by atoms with E-state index in [4.69, 9.17) is 16.3 Å². The van der Waals surface area contributed by atoms with E-state index in [1.807, 2.05) is 0 Å². The maximum absolute atomic E-state index is 12.5. The van der Waals surface area contributed by atoms with Crippen molar-refractivity contribution in [2.24, 2.45) is 17.8 Å². The smallest absolute Gasteiger partial charge is 0.260 e. The highest BCUT2D eigenvalue weighted by Crippen LogP contribution is 2.51. The summed E-state index contributed by atoms with van der Waals surface area (Å²) in [7, 11) is 0. The summed E-state index contributed by atoms with van der Waals surface area (Å²) >= 11 is 5.90. The third kappa shape index (κ3) is 2.60. The van der Waals surface area contributed by atoms with Crippen LogP contribution in [0.1, 0.15) is 42.5 Å². The Labute approximate surface area is 139 Å². The summed E-state index contributed by atoms with van der Waals surface area (Å²) in [5, 5.41) is 3.46. The quantitative estimate of drug-likeness (QED) is 0.890. The summed E-state index contributed by atoms with van der Waals surface area (Å²) < 4.78 is 5.90. The van der Waals surface area contributed by atoms with Gasteiger partial charge in [0.1, 0.15) is 5.56 Å². The largest absolute Gasteiger partial charge is 0.377 e. The molecule has 4 atom stereocenters. The van der Waals surface area contributed by atoms with Gasteiger partial charge in [-0.05, 0) is 18.4 Å². The van der Waals surface area contributed by atoms with Crippen molar-refractivity contribution in [2.45, 2.75) is 44.2 Å². The minimum Gasteiger partial charge on any atom is -0.377 e. The zero-order valence-electron chi connectivity index (χ0n) is 12.9. The number of ether oxygens (including phenoxy) is 1. The summed E-state index contributed by atoms with van der Waals surface area (Å²) in [4.78, 5) is 26.9. The molecule has 3 fully saturated rings. The minimum atomic E-state index is -0.400. The van der Waals surface area contributed by atoms with Gasteiger partial charge in [0.15, 0.2) is 0 Å². The summed E-state index contributed by atoms with van der Waals surface area (Å²) in [6, 6.07) is 1.55. The van der Waals surface area contributed by atoms with Gasteiger partial charge in [0, 0.05) is 30.7 Å². The minimum absolute atomic E-state index is 0.0880. The van der Waals surface area contributed by atoms with Crippen LogP contribution in [0, 0.1) is 17.8 Å². The first-order valence-corrected chi connectivity index (χ1v) is 8.83. The number of carbonyl (C=O) groups is 1. The lowest BCUT2D eigenvalue weighted by Crippen LogP contribution is -2.63. The molecule has 1 saturated heterocycles. The van der Waals surface area contributed by atoms with Gasteiger partial charge >= 0.3 is 0 Å². The SMILES string of the molecule is O=C(N[C@H]1[C@H]2CCO[C@H]2[C@H]1C1CCCC1)c1cc(Cl)c[nH]c1=O. The molecule has 0 spiro atoms. The van der Waals surface area contributed by atoms with Gasteiger partial charge in [-0.25, -0.2) is 0 Å². The Morgan fingerprint density at radius 3 is 2.87 bits per heavy atom. The second kappa shape index (κ2) is 5.95. The zero-order valence-corrected chi connectivity index (χ0v) is 13.6. The van der Waals surface area contributed by atoms with Crippen molar-refractivity contribution in [1.82, 2.24) is 10.3 Å². The molecule has 2 saturated carbocycles. The molecule has 6 heteroatoms. The molecule has 124 valence electrons. The number of aromatic amines is 1. The number of carbonyl (C=O) groups excluding carboxylic acids is 1. The molecule has 5 nitrogen and oxygen atoms in total. The van der Waals surface area contributed by atoms with Crippen LogP contribution in [0.2, 0.25) is 5.02 Å². The summed E-state index contributed by atoms with van der Waals surface area (Å²) in [6.07, 6.45) is 7.67. The molecule has 2 heterocycles. The first-order valence-electron chi connectivity index (χ1n) is 8.46. The molecule has 4 rings (SSSR count). The highest BCUT2D eigenvalue weighted by atomic mass is 35.5. The Bertz CT molecular complexity index is 663. The van der Waals surface area contributed by atoms with E-state index in [0.717, 1.165) is 13.0 Å². The second-order valence-electron chi connectivity index (χ2n) is 6.97. The zero-order chi connectivity index (χ0) is 16.0. The highest BCUT2D eigenvalue weighted by Gasteiger charge is 2.57. The van der Waals surface area contributed by atoms with Crippen LogP contribution in [-0.4, -0.2) is 29.6 Å². The third-order valence-electron chi connectivity index (χ3n) is 5.79. The van der Waals surface area contributed by atoms with E-state index < -0.39 is 5.56 Å². The number of hydrogen-bond donors (Lipinski definition) is 2. The van der Waals surface area contributed by atoms with Crippen molar-refractivity contribution in [3.8, 4) is 0 Å². The topological polar surface area (TPSA) is 71.2 Å². The number of fused-ring (bicyclic) bond motifs is 1. The Hall–Kier alpha value is -1.33. The Morgan fingerprint density at radius 2 is 2.09 bits per heavy atom. The number of hydrogen-bond acceptors (Lipinski definition) is 3. The van der Waals surface area contributed by atoms with E-state index in [-0.39, 0.29) is 17.5 Å². The Morgan fingerprint density at radius 1 is 1.30 bits per heavy atom. The lowest BCUT2D eigenvalue weighted by molar-refractivity contribution is -0.0784. The van der Waals surface area contributed by atoms with Crippen LogP contribution in [-0.2, 0) is 4.74 Å². The first-order chi connectivity index (χ1) is 11.1. The molecule has 2 aliphatic carbocycles. The van der Waals surface area contributed by atoms with E-state index in [9.17, 15) is 9.59 Å². The van der Waals surface area contributed by atoms with E-state index in [1.54, 1.807) is 0 Å². The van der Waals surface area contributed by atoms with Gasteiger partial charge in [-0.1, -0.05) is 37.3 Å². The van der Waals surface area contributed by atoms with Crippen molar-refractivity contribution in [2.75, 3.05) is 6.61 Å². The van der Waals surface area contributed by atoms with Gasteiger partial charge in [0.2, 0.25) is 0 Å². The molecule has 23 heavy (non-hydrogen) atoms. The van der Waals surface area contributed by atoms with Crippen LogP contribution in [0.4, 0.5) is 0 Å². The van der Waals surface area contributed by atoms with Gasteiger partial charge in [-0.2, -0.15) is 0 Å². The standard InChI is InChI=1S/C17H21ClN2O3/c18-10-7-12(16(21)19-8-10)17(22)20-14-11-5-6-23-15(11)13(14)9-3-1-2-4-9/h7-9,11,13-15H,1-6H2,(H,19,21)(H,20,22)/t11-,13+,14+,15-/m1/s1. The molecule has 3 aliphatic rings. The Balaban J connectivity index is 1.53. The average molecular weight is 337 g/mol. The van der Waals surface area contributed by atoms with Crippen molar-refractivity contribution < 1.29 is 9.53 Å². The fourth-order valence-electron chi connectivity index (χ4n) is 4.71. The number of aromatic nitrogens is 1. The molecule has 0 radical (unpaired) electrons. The molecular weight excluding hydrogens is 316 g/mol. The van der Waals surface area contributed by atoms with E-state index in [2.05, 4.69) is 10.3 Å². The monoisotopic (exact) mass is 336 g/mol. The number of halogens is 1. The van der Waals surface area contributed by atoms with Crippen LogP contribution in [0.15, 0.2) is 17.1 Å². The van der Waals surface area contributed by atoms with Gasteiger partial charge in [0.25, 0.3) is 11.5 Å². The first kappa shape index (κ1) is 15.2. The number of pyridine rings is 1. The molecule has 1 aromatic rings. The molecule has 0 bridgehead atoms. The molecule has 1 aromatic heterocycles. The molecule has 2 N–H and O–H groups in total. The van der Waals surface area contributed by atoms with Crippen LogP contribution < -0.4 is 10.9 Å². The summed E-state index contributed by atoms with van der Waals surface area (Å²) in [5.41, 5.74) is -0.312. The van der Waals surface area contributed by atoms with Gasteiger partial charge in [-0.3, -0.25) is 9.59 Å². The van der Waals surface area contributed by atoms with Gasteiger partial charge in [0.05, 0.1) is 11.1 Å². The predicted octanol–water partition coefficient (Wildman–Crippen LogP) is 2.35.